The van der Waals surface area contributed by atoms with Crippen molar-refractivity contribution in [3.63, 3.8) is 0 Å². The highest BCUT2D eigenvalue weighted by molar-refractivity contribution is 6.10. The molecule has 1 saturated heterocycles. The zero-order valence-corrected chi connectivity index (χ0v) is 17.7. The van der Waals surface area contributed by atoms with E-state index in [4.69, 9.17) is 0 Å². The standard InChI is InChI=1S/C24H29NO4/c1-5-6-18-11-15(2)21(16(3)12-18)22-19(27)13-24(14-20(22)28)7-9-25(10-8-24)23(29)17(4)26/h11-12,17,22,26H,7-10,13-14H2,1-4H3/t17-/m0/s1. The van der Waals surface area contributed by atoms with Crippen molar-refractivity contribution >= 4 is 17.5 Å². The first kappa shape index (κ1) is 21.3. The lowest BCUT2D eigenvalue weighted by atomic mass is 9.62. The van der Waals surface area contributed by atoms with Gasteiger partial charge in [-0.2, -0.15) is 0 Å². The van der Waals surface area contributed by atoms with Crippen LogP contribution in [0.5, 0.6) is 0 Å². The number of benzene rings is 1. The lowest BCUT2D eigenvalue weighted by molar-refractivity contribution is -0.144. The Labute approximate surface area is 172 Å². The van der Waals surface area contributed by atoms with Gasteiger partial charge in [0, 0.05) is 31.5 Å². The number of hydrogen-bond acceptors (Lipinski definition) is 4. The van der Waals surface area contributed by atoms with Crippen LogP contribution >= 0.6 is 0 Å². The van der Waals surface area contributed by atoms with Gasteiger partial charge in [-0.05, 0) is 74.8 Å². The molecular formula is C24H29NO4. The SMILES string of the molecule is CC#Cc1cc(C)c(C2C(=O)CC3(CCN(C(=O)[C@H](C)O)CC3)CC2=O)c(C)c1. The summed E-state index contributed by atoms with van der Waals surface area (Å²) in [5, 5.41) is 9.52. The van der Waals surface area contributed by atoms with E-state index in [1.54, 1.807) is 11.8 Å². The molecule has 0 radical (unpaired) electrons. The molecule has 1 saturated carbocycles. The molecule has 1 aromatic rings. The summed E-state index contributed by atoms with van der Waals surface area (Å²) in [6.45, 7) is 8.09. The first-order valence-electron chi connectivity index (χ1n) is 10.2. The van der Waals surface area contributed by atoms with Gasteiger partial charge in [0.25, 0.3) is 5.91 Å². The van der Waals surface area contributed by atoms with Gasteiger partial charge in [0.05, 0.1) is 0 Å². The van der Waals surface area contributed by atoms with E-state index in [1.165, 1.54) is 6.92 Å². The summed E-state index contributed by atoms with van der Waals surface area (Å²) < 4.78 is 0. The van der Waals surface area contributed by atoms with E-state index < -0.39 is 12.0 Å². The summed E-state index contributed by atoms with van der Waals surface area (Å²) in [4.78, 5) is 39.9. The highest BCUT2D eigenvalue weighted by atomic mass is 16.3. The molecule has 1 aliphatic heterocycles. The maximum Gasteiger partial charge on any atom is 0.251 e. The number of hydrogen-bond donors (Lipinski definition) is 1. The first-order valence-corrected chi connectivity index (χ1v) is 10.2. The van der Waals surface area contributed by atoms with Gasteiger partial charge in [-0.1, -0.05) is 5.92 Å². The third kappa shape index (κ3) is 4.13. The van der Waals surface area contributed by atoms with Crippen LogP contribution < -0.4 is 0 Å². The smallest absolute Gasteiger partial charge is 0.251 e. The zero-order chi connectivity index (χ0) is 21.3. The molecule has 1 heterocycles. The molecule has 2 fully saturated rings. The minimum atomic E-state index is -1.02. The van der Waals surface area contributed by atoms with Crippen LogP contribution in [0.15, 0.2) is 12.1 Å². The number of amides is 1. The second-order valence-electron chi connectivity index (χ2n) is 8.62. The van der Waals surface area contributed by atoms with E-state index in [0.717, 1.165) is 22.3 Å². The molecule has 2 aliphatic rings. The average molecular weight is 395 g/mol. The predicted octanol–water partition coefficient (Wildman–Crippen LogP) is 2.68. The van der Waals surface area contributed by atoms with Crippen molar-refractivity contribution in [2.24, 2.45) is 5.41 Å². The fraction of sp³-hybridized carbons (Fsp3) is 0.542. The lowest BCUT2D eigenvalue weighted by Crippen LogP contribution is -2.50. The Hall–Kier alpha value is -2.45. The topological polar surface area (TPSA) is 74.7 Å². The molecule has 3 rings (SSSR count). The number of nitrogens with zero attached hydrogens (tertiary/aromatic N) is 1. The van der Waals surface area contributed by atoms with Gasteiger partial charge in [-0.3, -0.25) is 14.4 Å². The summed E-state index contributed by atoms with van der Waals surface area (Å²) in [5.41, 5.74) is 3.24. The quantitative estimate of drug-likeness (QED) is 0.617. The molecule has 1 N–H and O–H groups in total. The van der Waals surface area contributed by atoms with Crippen LogP contribution in [0.3, 0.4) is 0 Å². The van der Waals surface area contributed by atoms with Crippen molar-refractivity contribution in [2.45, 2.75) is 65.4 Å². The molecule has 1 aliphatic carbocycles. The Morgan fingerprint density at radius 1 is 1.14 bits per heavy atom. The summed E-state index contributed by atoms with van der Waals surface area (Å²) >= 11 is 0. The third-order valence-electron chi connectivity index (χ3n) is 6.39. The molecule has 0 bridgehead atoms. The number of piperidine rings is 1. The van der Waals surface area contributed by atoms with Crippen molar-refractivity contribution in [3.05, 3.63) is 34.4 Å². The van der Waals surface area contributed by atoms with Crippen LogP contribution in [0.2, 0.25) is 0 Å². The van der Waals surface area contributed by atoms with Crippen LogP contribution in [0, 0.1) is 31.1 Å². The second-order valence-corrected chi connectivity index (χ2v) is 8.62. The number of likely N-dealkylation sites (tertiary alicyclic amines) is 1. The maximum absolute atomic E-state index is 13.1. The van der Waals surface area contributed by atoms with Crippen LogP contribution in [-0.4, -0.2) is 46.7 Å². The van der Waals surface area contributed by atoms with Gasteiger partial charge >= 0.3 is 0 Å². The number of aliphatic hydroxyl groups is 1. The minimum Gasteiger partial charge on any atom is -0.384 e. The Morgan fingerprint density at radius 2 is 1.66 bits per heavy atom. The van der Waals surface area contributed by atoms with Gasteiger partial charge in [0.2, 0.25) is 0 Å². The molecule has 5 nitrogen and oxygen atoms in total. The molecule has 154 valence electrons. The van der Waals surface area contributed by atoms with Crippen LogP contribution in [0.4, 0.5) is 0 Å². The van der Waals surface area contributed by atoms with Crippen molar-refractivity contribution in [1.29, 1.82) is 0 Å². The summed E-state index contributed by atoms with van der Waals surface area (Å²) in [6, 6.07) is 3.90. The predicted molar refractivity (Wildman–Crippen MR) is 110 cm³/mol. The lowest BCUT2D eigenvalue weighted by Gasteiger charge is -2.45. The third-order valence-corrected chi connectivity index (χ3v) is 6.39. The van der Waals surface area contributed by atoms with Crippen molar-refractivity contribution in [1.82, 2.24) is 4.90 Å². The van der Waals surface area contributed by atoms with E-state index in [1.807, 2.05) is 26.0 Å². The van der Waals surface area contributed by atoms with Gasteiger partial charge in [-0.15, -0.1) is 5.92 Å². The minimum absolute atomic E-state index is 0.0166. The number of aliphatic hydroxyl groups excluding tert-OH is 1. The molecule has 1 amide bonds. The number of Topliss-reactive ketones (excluding diaryl/α,β-unsaturated/α-hetero) is 2. The van der Waals surface area contributed by atoms with E-state index in [2.05, 4.69) is 11.8 Å². The second kappa shape index (κ2) is 8.12. The highest BCUT2D eigenvalue weighted by Gasteiger charge is 2.47. The fourth-order valence-corrected chi connectivity index (χ4v) is 4.97. The molecule has 29 heavy (non-hydrogen) atoms. The average Bonchev–Trinajstić information content (AvgIpc) is 2.63. The van der Waals surface area contributed by atoms with E-state index in [-0.39, 0.29) is 22.9 Å². The summed E-state index contributed by atoms with van der Waals surface area (Å²) in [7, 11) is 0. The molecule has 1 aromatic carbocycles. The first-order chi connectivity index (χ1) is 13.7. The Morgan fingerprint density at radius 3 is 2.10 bits per heavy atom. The Kier molecular flexibility index (Phi) is 5.95. The largest absolute Gasteiger partial charge is 0.384 e. The van der Waals surface area contributed by atoms with E-state index in [0.29, 0.717) is 38.8 Å². The van der Waals surface area contributed by atoms with Gasteiger partial charge in [-0.25, -0.2) is 0 Å². The van der Waals surface area contributed by atoms with Crippen molar-refractivity contribution < 1.29 is 19.5 Å². The van der Waals surface area contributed by atoms with Crippen LogP contribution in [-0.2, 0) is 14.4 Å². The van der Waals surface area contributed by atoms with Gasteiger partial charge in [0.15, 0.2) is 0 Å². The molecule has 0 aromatic heterocycles. The molecular weight excluding hydrogens is 366 g/mol. The van der Waals surface area contributed by atoms with E-state index in [9.17, 15) is 19.5 Å². The molecule has 1 atom stereocenters. The fourth-order valence-electron chi connectivity index (χ4n) is 4.97. The Balaban J connectivity index is 1.80. The number of rotatable bonds is 2. The van der Waals surface area contributed by atoms with E-state index >= 15 is 0 Å². The summed E-state index contributed by atoms with van der Waals surface area (Å²) in [6.07, 6.45) is 0.969. The molecule has 0 unspecified atom stereocenters. The normalized spacial score (nSPS) is 20.4. The number of carbonyl (C=O) groups is 3. The zero-order valence-electron chi connectivity index (χ0n) is 17.7. The molecule has 5 heteroatoms. The highest BCUT2D eigenvalue weighted by Crippen LogP contribution is 2.46. The van der Waals surface area contributed by atoms with Gasteiger partial charge in [0.1, 0.15) is 23.6 Å². The monoisotopic (exact) mass is 395 g/mol. The maximum atomic E-state index is 13.1. The summed E-state index contributed by atoms with van der Waals surface area (Å²) in [5.74, 6) is 4.91. The van der Waals surface area contributed by atoms with Crippen LogP contribution in [0.25, 0.3) is 0 Å². The number of carbonyl (C=O) groups excluding carboxylic acids is 3. The van der Waals surface area contributed by atoms with Crippen LogP contribution in [0.1, 0.15) is 67.7 Å². The Bertz CT molecular complexity index is 868. The molecule has 1 spiro atoms. The number of aryl methyl sites for hydroxylation is 2. The van der Waals surface area contributed by atoms with Crippen molar-refractivity contribution in [3.8, 4) is 11.8 Å². The van der Waals surface area contributed by atoms with Crippen molar-refractivity contribution in [2.75, 3.05) is 13.1 Å². The number of ketones is 2. The van der Waals surface area contributed by atoms with Gasteiger partial charge < -0.3 is 10.0 Å².